The van der Waals surface area contributed by atoms with Crippen molar-refractivity contribution >= 4 is 5.91 Å². The van der Waals surface area contributed by atoms with Crippen LogP contribution >= 0.6 is 0 Å². The van der Waals surface area contributed by atoms with E-state index < -0.39 is 0 Å². The molecular formula is C31H34N2O2. The van der Waals surface area contributed by atoms with Gasteiger partial charge in [0.05, 0.1) is 5.56 Å². The van der Waals surface area contributed by atoms with Gasteiger partial charge in [0.2, 0.25) is 0 Å². The highest BCUT2D eigenvalue weighted by Gasteiger charge is 2.24. The molecular weight excluding hydrogens is 432 g/mol. The molecule has 1 amide bonds. The van der Waals surface area contributed by atoms with E-state index in [9.17, 15) is 4.79 Å². The number of unbranched alkanes of at least 4 members (excludes halogenated alkanes) is 2. The van der Waals surface area contributed by atoms with Crippen LogP contribution < -0.4 is 10.5 Å². The number of carbonyl (C=O) groups excluding carboxylic acids is 1. The number of hydrogen-bond acceptors (Lipinski definition) is 2. The second-order valence-electron chi connectivity index (χ2n) is 8.93. The van der Waals surface area contributed by atoms with Gasteiger partial charge in [-0.15, -0.1) is 0 Å². The number of amides is 1. The van der Waals surface area contributed by atoms with Crippen LogP contribution in [0.4, 0.5) is 0 Å². The van der Waals surface area contributed by atoms with E-state index in [1.807, 2.05) is 67.6 Å². The zero-order chi connectivity index (χ0) is 24.6. The highest BCUT2D eigenvalue weighted by molar-refractivity contribution is 6.02. The van der Waals surface area contributed by atoms with Crippen molar-refractivity contribution in [2.24, 2.45) is 5.73 Å². The van der Waals surface area contributed by atoms with Crippen LogP contribution in [0.3, 0.4) is 0 Å². The Morgan fingerprint density at radius 3 is 2.23 bits per heavy atom. The smallest absolute Gasteiger partial charge is 0.251 e. The van der Waals surface area contributed by atoms with Gasteiger partial charge in [0.15, 0.2) is 0 Å². The van der Waals surface area contributed by atoms with Gasteiger partial charge >= 0.3 is 0 Å². The molecule has 0 aliphatic carbocycles. The number of rotatable bonds is 11. The van der Waals surface area contributed by atoms with E-state index in [2.05, 4.69) is 35.8 Å². The first kappa shape index (κ1) is 24.3. The first-order valence-corrected chi connectivity index (χ1v) is 12.5. The fourth-order valence-electron chi connectivity index (χ4n) is 4.74. The molecule has 0 unspecified atom stereocenters. The summed E-state index contributed by atoms with van der Waals surface area (Å²) in [6, 6.07) is 28.2. The number of hydrogen-bond donors (Lipinski definition) is 1. The molecule has 35 heavy (non-hydrogen) atoms. The van der Waals surface area contributed by atoms with Gasteiger partial charge in [-0.05, 0) is 61.6 Å². The number of benzene rings is 3. The Balaban J connectivity index is 1.77. The molecule has 0 aliphatic rings. The third-order valence-corrected chi connectivity index (χ3v) is 6.46. The molecule has 4 heteroatoms. The van der Waals surface area contributed by atoms with Crippen molar-refractivity contribution in [3.8, 4) is 22.6 Å². The lowest BCUT2D eigenvalue weighted by Crippen LogP contribution is -2.14. The summed E-state index contributed by atoms with van der Waals surface area (Å²) in [5.74, 6) is 1.12. The minimum Gasteiger partial charge on any atom is -0.457 e. The van der Waals surface area contributed by atoms with Crippen molar-refractivity contribution < 1.29 is 9.53 Å². The number of primary amides is 1. The Morgan fingerprint density at radius 1 is 0.857 bits per heavy atom. The van der Waals surface area contributed by atoms with E-state index in [4.69, 9.17) is 10.5 Å². The average Bonchev–Trinajstić information content (AvgIpc) is 3.15. The van der Waals surface area contributed by atoms with Gasteiger partial charge in [-0.1, -0.05) is 80.4 Å². The molecule has 0 radical (unpaired) electrons. The normalized spacial score (nSPS) is 10.9. The Morgan fingerprint density at radius 2 is 1.54 bits per heavy atom. The number of carbonyl (C=O) groups is 1. The largest absolute Gasteiger partial charge is 0.457 e. The molecule has 1 heterocycles. The standard InChI is InChI=1S/C31H34N2O2/c1-3-4-7-19-28-30(25-15-12-18-27(22-25)35-26-16-10-6-11-17-26)29(31(32)34)23(2)33(28)21-20-24-13-8-5-9-14-24/h5-6,8-18,22H,3-4,7,19-21H2,1-2H3,(H2,32,34). The molecule has 0 atom stereocenters. The lowest BCUT2D eigenvalue weighted by atomic mass is 9.97. The van der Waals surface area contributed by atoms with E-state index in [-0.39, 0.29) is 5.91 Å². The molecule has 180 valence electrons. The molecule has 0 aliphatic heterocycles. The van der Waals surface area contributed by atoms with Gasteiger partial charge < -0.3 is 15.0 Å². The number of ether oxygens (including phenoxy) is 1. The molecule has 1 aromatic heterocycles. The summed E-state index contributed by atoms with van der Waals surface area (Å²) in [7, 11) is 0. The molecule has 2 N–H and O–H groups in total. The van der Waals surface area contributed by atoms with Crippen LogP contribution in [-0.2, 0) is 19.4 Å². The summed E-state index contributed by atoms with van der Waals surface area (Å²) in [4.78, 5) is 12.7. The molecule has 4 rings (SSSR count). The third kappa shape index (κ3) is 5.83. The van der Waals surface area contributed by atoms with Gasteiger partial charge in [0, 0.05) is 23.5 Å². The number of nitrogens with zero attached hydrogens (tertiary/aromatic N) is 1. The fraction of sp³-hybridized carbons (Fsp3) is 0.258. The Hall–Kier alpha value is -3.79. The summed E-state index contributed by atoms with van der Waals surface area (Å²) >= 11 is 0. The Labute approximate surface area is 208 Å². The van der Waals surface area contributed by atoms with Crippen molar-refractivity contribution in [1.82, 2.24) is 4.57 Å². The topological polar surface area (TPSA) is 57.2 Å². The molecule has 0 saturated heterocycles. The van der Waals surface area contributed by atoms with E-state index in [1.165, 1.54) is 11.3 Å². The Kier molecular flexibility index (Phi) is 8.04. The second-order valence-corrected chi connectivity index (χ2v) is 8.93. The van der Waals surface area contributed by atoms with Crippen LogP contribution in [0.15, 0.2) is 84.9 Å². The van der Waals surface area contributed by atoms with Gasteiger partial charge in [-0.2, -0.15) is 0 Å². The fourth-order valence-corrected chi connectivity index (χ4v) is 4.74. The third-order valence-electron chi connectivity index (χ3n) is 6.46. The van der Waals surface area contributed by atoms with Gasteiger partial charge in [0.1, 0.15) is 11.5 Å². The summed E-state index contributed by atoms with van der Waals surface area (Å²) in [6.45, 7) is 5.03. The van der Waals surface area contributed by atoms with Gasteiger partial charge in [0.25, 0.3) is 5.91 Å². The quantitative estimate of drug-likeness (QED) is 0.235. The minimum atomic E-state index is -0.387. The highest BCUT2D eigenvalue weighted by atomic mass is 16.5. The maximum Gasteiger partial charge on any atom is 0.251 e. The monoisotopic (exact) mass is 466 g/mol. The molecule has 4 aromatic rings. The Bertz CT molecular complexity index is 1260. The van der Waals surface area contributed by atoms with Crippen molar-refractivity contribution in [3.63, 3.8) is 0 Å². The van der Waals surface area contributed by atoms with E-state index >= 15 is 0 Å². The maximum absolute atomic E-state index is 12.7. The second kappa shape index (κ2) is 11.6. The predicted molar refractivity (Wildman–Crippen MR) is 143 cm³/mol. The van der Waals surface area contributed by atoms with Crippen LogP contribution in [0.25, 0.3) is 11.1 Å². The summed E-state index contributed by atoms with van der Waals surface area (Å²) in [5.41, 5.74) is 11.9. The lowest BCUT2D eigenvalue weighted by molar-refractivity contribution is 0.1000. The molecule has 0 bridgehead atoms. The van der Waals surface area contributed by atoms with E-state index in [1.54, 1.807) is 0 Å². The first-order valence-electron chi connectivity index (χ1n) is 12.5. The van der Waals surface area contributed by atoms with Crippen molar-refractivity contribution in [2.45, 2.75) is 52.5 Å². The number of para-hydroxylation sites is 1. The molecule has 3 aromatic carbocycles. The maximum atomic E-state index is 12.7. The van der Waals surface area contributed by atoms with Gasteiger partial charge in [-0.3, -0.25) is 4.79 Å². The van der Waals surface area contributed by atoms with Crippen molar-refractivity contribution in [2.75, 3.05) is 0 Å². The van der Waals surface area contributed by atoms with E-state index in [0.717, 1.165) is 67.0 Å². The van der Waals surface area contributed by atoms with Crippen molar-refractivity contribution in [3.05, 3.63) is 107 Å². The summed E-state index contributed by atoms with van der Waals surface area (Å²) in [5, 5.41) is 0. The van der Waals surface area contributed by atoms with Crippen LogP contribution in [0, 0.1) is 6.92 Å². The van der Waals surface area contributed by atoms with Gasteiger partial charge in [-0.25, -0.2) is 0 Å². The number of aromatic nitrogens is 1. The number of aryl methyl sites for hydroxylation is 1. The number of nitrogens with two attached hydrogens (primary N) is 1. The van der Waals surface area contributed by atoms with Crippen LogP contribution in [-0.4, -0.2) is 10.5 Å². The van der Waals surface area contributed by atoms with E-state index in [0.29, 0.717) is 5.56 Å². The predicted octanol–water partition coefficient (Wildman–Crippen LogP) is 7.33. The zero-order valence-corrected chi connectivity index (χ0v) is 20.7. The highest BCUT2D eigenvalue weighted by Crippen LogP contribution is 2.36. The SMILES string of the molecule is CCCCCc1c(-c2cccc(Oc3ccccc3)c2)c(C(N)=O)c(C)n1CCc1ccccc1. The molecule has 0 spiro atoms. The minimum absolute atomic E-state index is 0.387. The molecule has 0 fully saturated rings. The van der Waals surface area contributed by atoms with Crippen molar-refractivity contribution in [1.29, 1.82) is 0 Å². The van der Waals surface area contributed by atoms with Crippen LogP contribution in [0.5, 0.6) is 11.5 Å². The molecule has 0 saturated carbocycles. The summed E-state index contributed by atoms with van der Waals surface area (Å²) in [6.07, 6.45) is 5.14. The zero-order valence-electron chi connectivity index (χ0n) is 20.7. The van der Waals surface area contributed by atoms with Crippen LogP contribution in [0.1, 0.15) is 53.5 Å². The lowest BCUT2D eigenvalue weighted by Gasteiger charge is -2.14. The van der Waals surface area contributed by atoms with Crippen LogP contribution in [0.2, 0.25) is 0 Å². The first-order chi connectivity index (χ1) is 17.1. The summed E-state index contributed by atoms with van der Waals surface area (Å²) < 4.78 is 8.41. The average molecular weight is 467 g/mol. The molecule has 4 nitrogen and oxygen atoms in total.